The zero-order valence-corrected chi connectivity index (χ0v) is 18.9. The summed E-state index contributed by atoms with van der Waals surface area (Å²) < 4.78 is 102. The molecule has 0 fully saturated rings. The summed E-state index contributed by atoms with van der Waals surface area (Å²) in [7, 11) is -6.16. The Morgan fingerprint density at radius 1 is 1.00 bits per heavy atom. The number of nitrogens with zero attached hydrogens (tertiary/aromatic N) is 3. The smallest absolute Gasteiger partial charge is 0.344 e. The van der Waals surface area contributed by atoms with E-state index >= 15 is 0 Å². The number of carbonyl (C=O) groups is 1. The van der Waals surface area contributed by atoms with Crippen molar-refractivity contribution in [1.82, 2.24) is 20.3 Å². The van der Waals surface area contributed by atoms with Gasteiger partial charge in [0.05, 0.1) is 32.9 Å². The molecule has 15 heteroatoms. The Hall–Kier alpha value is -3.26. The average Bonchev–Trinajstić information content (AvgIpc) is 2.78. The van der Waals surface area contributed by atoms with Gasteiger partial charge in [-0.2, -0.15) is 26.3 Å². The number of benzene rings is 1. The Labute approximate surface area is 199 Å². The standard InChI is InChI=1S/C20H13ClF6N4O3S/c1-10(16-17(29-5-4-28-16)15-3-2-13(21)9-30-15)31-18(32)11-6-12(19(22,23)24)8-14(7-11)35(33,34)20(25,26)27/h2-10H,1H3,(H,31,32). The number of rotatable bonds is 5. The second kappa shape index (κ2) is 9.41. The van der Waals surface area contributed by atoms with Gasteiger partial charge in [0.2, 0.25) is 0 Å². The number of hydrogen-bond acceptors (Lipinski definition) is 6. The Kier molecular flexibility index (Phi) is 7.09. The van der Waals surface area contributed by atoms with Gasteiger partial charge in [0.1, 0.15) is 5.69 Å². The van der Waals surface area contributed by atoms with Crippen LogP contribution < -0.4 is 5.32 Å². The molecule has 3 rings (SSSR count). The van der Waals surface area contributed by atoms with E-state index in [4.69, 9.17) is 11.6 Å². The molecule has 186 valence electrons. The number of carbonyl (C=O) groups excluding carboxylic acids is 1. The van der Waals surface area contributed by atoms with E-state index in [2.05, 4.69) is 20.3 Å². The van der Waals surface area contributed by atoms with Crippen molar-refractivity contribution in [1.29, 1.82) is 0 Å². The van der Waals surface area contributed by atoms with Gasteiger partial charge < -0.3 is 5.32 Å². The minimum absolute atomic E-state index is 0.130. The molecule has 1 aromatic carbocycles. The third kappa shape index (κ3) is 5.70. The van der Waals surface area contributed by atoms with E-state index in [-0.39, 0.29) is 29.6 Å². The quantitative estimate of drug-likeness (QED) is 0.459. The number of pyridine rings is 1. The number of nitrogens with one attached hydrogen (secondary N) is 1. The van der Waals surface area contributed by atoms with Crippen molar-refractivity contribution < 1.29 is 39.6 Å². The van der Waals surface area contributed by atoms with Crippen LogP contribution in [0.15, 0.2) is 53.8 Å². The number of aromatic nitrogens is 3. The fourth-order valence-corrected chi connectivity index (χ4v) is 3.85. The zero-order valence-electron chi connectivity index (χ0n) is 17.3. The highest BCUT2D eigenvalue weighted by Crippen LogP contribution is 2.36. The number of hydrogen-bond donors (Lipinski definition) is 1. The summed E-state index contributed by atoms with van der Waals surface area (Å²) >= 11 is 5.81. The van der Waals surface area contributed by atoms with Gasteiger partial charge in [-0.1, -0.05) is 11.6 Å². The Morgan fingerprint density at radius 3 is 2.23 bits per heavy atom. The summed E-state index contributed by atoms with van der Waals surface area (Å²) in [5, 5.41) is 2.62. The third-order valence-electron chi connectivity index (χ3n) is 4.57. The van der Waals surface area contributed by atoms with Crippen molar-refractivity contribution in [3.63, 3.8) is 0 Å². The van der Waals surface area contributed by atoms with E-state index < -0.39 is 49.5 Å². The van der Waals surface area contributed by atoms with Gasteiger partial charge in [0, 0.05) is 24.2 Å². The van der Waals surface area contributed by atoms with Crippen molar-refractivity contribution in [2.24, 2.45) is 0 Å². The Bertz CT molecular complexity index is 1360. The molecule has 35 heavy (non-hydrogen) atoms. The molecule has 0 spiro atoms. The Morgan fingerprint density at radius 2 is 1.66 bits per heavy atom. The molecular formula is C20H13ClF6N4O3S. The van der Waals surface area contributed by atoms with Crippen LogP contribution in [-0.4, -0.2) is 34.8 Å². The molecule has 1 unspecified atom stereocenters. The molecule has 0 saturated heterocycles. The summed E-state index contributed by atoms with van der Waals surface area (Å²) in [5.74, 6) is -1.28. The topological polar surface area (TPSA) is 102 Å². The molecule has 0 aliphatic carbocycles. The van der Waals surface area contributed by atoms with Gasteiger partial charge in [-0.05, 0) is 37.3 Å². The van der Waals surface area contributed by atoms with Gasteiger partial charge in [-0.25, -0.2) is 8.42 Å². The van der Waals surface area contributed by atoms with E-state index in [1.54, 1.807) is 0 Å². The molecule has 2 aromatic heterocycles. The fraction of sp³-hybridized carbons (Fsp3) is 0.200. The molecule has 0 bridgehead atoms. The van der Waals surface area contributed by atoms with E-state index in [1.807, 2.05) is 0 Å². The molecular weight excluding hydrogens is 526 g/mol. The molecule has 0 radical (unpaired) electrons. The van der Waals surface area contributed by atoms with E-state index in [0.717, 1.165) is 0 Å². The van der Waals surface area contributed by atoms with Crippen molar-refractivity contribution in [3.05, 3.63) is 70.8 Å². The van der Waals surface area contributed by atoms with Gasteiger partial charge in [0.15, 0.2) is 0 Å². The lowest BCUT2D eigenvalue weighted by molar-refractivity contribution is -0.137. The Balaban J connectivity index is 2.00. The lowest BCUT2D eigenvalue weighted by Gasteiger charge is -2.18. The SMILES string of the molecule is CC(NC(=O)c1cc(C(F)(F)F)cc(S(=O)(=O)C(F)(F)F)c1)c1nccnc1-c1ccc(Cl)cn1. The van der Waals surface area contributed by atoms with Crippen molar-refractivity contribution in [3.8, 4) is 11.4 Å². The summed E-state index contributed by atoms with van der Waals surface area (Å²) in [6, 6.07) is 2.27. The first-order chi connectivity index (χ1) is 16.1. The summed E-state index contributed by atoms with van der Waals surface area (Å²) in [4.78, 5) is 23.3. The molecule has 0 saturated carbocycles. The maximum Gasteiger partial charge on any atom is 0.501 e. The first-order valence-corrected chi connectivity index (χ1v) is 11.2. The van der Waals surface area contributed by atoms with Crippen LogP contribution >= 0.6 is 11.6 Å². The van der Waals surface area contributed by atoms with Gasteiger partial charge >= 0.3 is 11.7 Å². The van der Waals surface area contributed by atoms with Crippen LogP contribution in [-0.2, 0) is 16.0 Å². The van der Waals surface area contributed by atoms with E-state index in [0.29, 0.717) is 10.7 Å². The van der Waals surface area contributed by atoms with Crippen LogP contribution in [0.25, 0.3) is 11.4 Å². The summed E-state index contributed by atoms with van der Waals surface area (Å²) in [6.45, 7) is 1.39. The van der Waals surface area contributed by atoms with Crippen molar-refractivity contribution in [2.45, 2.75) is 29.5 Å². The van der Waals surface area contributed by atoms with Crippen LogP contribution in [0.5, 0.6) is 0 Å². The van der Waals surface area contributed by atoms with Gasteiger partial charge in [-0.15, -0.1) is 0 Å². The fourth-order valence-electron chi connectivity index (χ4n) is 2.91. The van der Waals surface area contributed by atoms with Gasteiger partial charge in [0.25, 0.3) is 15.7 Å². The predicted molar refractivity (Wildman–Crippen MR) is 111 cm³/mol. The molecule has 1 amide bonds. The number of sulfone groups is 1. The molecule has 2 heterocycles. The highest BCUT2D eigenvalue weighted by Gasteiger charge is 2.48. The average molecular weight is 539 g/mol. The largest absolute Gasteiger partial charge is 0.501 e. The van der Waals surface area contributed by atoms with Crippen LogP contribution in [0.4, 0.5) is 26.3 Å². The van der Waals surface area contributed by atoms with E-state index in [1.165, 1.54) is 37.6 Å². The minimum atomic E-state index is -6.16. The predicted octanol–water partition coefficient (Wildman–Crippen LogP) is 5.00. The number of halogens is 7. The first-order valence-electron chi connectivity index (χ1n) is 9.38. The maximum atomic E-state index is 13.3. The van der Waals surface area contributed by atoms with Gasteiger partial charge in [-0.3, -0.25) is 19.7 Å². The summed E-state index contributed by atoms with van der Waals surface area (Å²) in [5.41, 5.74) is -7.95. The second-order valence-electron chi connectivity index (χ2n) is 7.04. The molecule has 0 aliphatic heterocycles. The number of alkyl halides is 6. The third-order valence-corrected chi connectivity index (χ3v) is 6.25. The highest BCUT2D eigenvalue weighted by atomic mass is 35.5. The number of amides is 1. The monoisotopic (exact) mass is 538 g/mol. The van der Waals surface area contributed by atoms with Crippen LogP contribution in [0, 0.1) is 0 Å². The molecule has 1 atom stereocenters. The van der Waals surface area contributed by atoms with Crippen LogP contribution in [0.1, 0.15) is 34.6 Å². The summed E-state index contributed by atoms with van der Waals surface area (Å²) in [6.07, 6.45) is -1.31. The molecule has 0 aliphatic rings. The van der Waals surface area contributed by atoms with Crippen LogP contribution in [0.2, 0.25) is 5.02 Å². The second-order valence-corrected chi connectivity index (χ2v) is 9.42. The minimum Gasteiger partial charge on any atom is -0.344 e. The van der Waals surface area contributed by atoms with E-state index in [9.17, 15) is 39.6 Å². The maximum absolute atomic E-state index is 13.3. The van der Waals surface area contributed by atoms with Crippen molar-refractivity contribution >= 4 is 27.3 Å². The zero-order chi connectivity index (χ0) is 26.2. The highest BCUT2D eigenvalue weighted by molar-refractivity contribution is 7.92. The van der Waals surface area contributed by atoms with Crippen molar-refractivity contribution in [2.75, 3.05) is 0 Å². The first kappa shape index (κ1) is 26.3. The molecule has 7 nitrogen and oxygen atoms in total. The lowest BCUT2D eigenvalue weighted by Crippen LogP contribution is -2.29. The molecule has 1 N–H and O–H groups in total. The molecule has 3 aromatic rings. The lowest BCUT2D eigenvalue weighted by atomic mass is 10.1. The van der Waals surface area contributed by atoms with Crippen LogP contribution in [0.3, 0.4) is 0 Å². The normalized spacial score (nSPS) is 13.4.